The van der Waals surface area contributed by atoms with E-state index in [2.05, 4.69) is 34.1 Å². The van der Waals surface area contributed by atoms with Crippen molar-refractivity contribution in [3.63, 3.8) is 0 Å². The van der Waals surface area contributed by atoms with E-state index in [1.54, 1.807) is 48.5 Å². The Morgan fingerprint density at radius 1 is 0.525 bits per heavy atom. The van der Waals surface area contributed by atoms with Gasteiger partial charge in [0.15, 0.2) is 11.6 Å². The monoisotopic (exact) mass is 570 g/mol. The molecule has 5 rings (SSSR count). The standard InChI is InChI=1S/C34H32Cl2N2O2/c35-29-15-11-27(12-16-29)33(39)23-31(25-7-3-1-4-8-25)37-19-21-38(22-20-37)32(26-9-5-2-6-10-26)24-34(40)28-13-17-30(36)18-14-28/h1-18,31-32H,19-24H2/t31-,32+. The quantitative estimate of drug-likeness (QED) is 0.181. The van der Waals surface area contributed by atoms with Crippen molar-refractivity contribution in [1.82, 2.24) is 9.80 Å². The second-order valence-corrected chi connectivity index (χ2v) is 11.1. The van der Waals surface area contributed by atoms with E-state index >= 15 is 0 Å². The molecule has 0 saturated carbocycles. The lowest BCUT2D eigenvalue weighted by molar-refractivity contribution is 0.0557. The van der Waals surface area contributed by atoms with Crippen LogP contribution in [0.4, 0.5) is 0 Å². The minimum Gasteiger partial charge on any atom is -0.294 e. The zero-order chi connectivity index (χ0) is 27.9. The van der Waals surface area contributed by atoms with Gasteiger partial charge in [-0.2, -0.15) is 0 Å². The Labute approximate surface area is 246 Å². The van der Waals surface area contributed by atoms with Crippen molar-refractivity contribution in [3.8, 4) is 0 Å². The summed E-state index contributed by atoms with van der Waals surface area (Å²) in [7, 11) is 0. The van der Waals surface area contributed by atoms with Crippen molar-refractivity contribution in [3.05, 3.63) is 141 Å². The molecular formula is C34H32Cl2N2O2. The van der Waals surface area contributed by atoms with Crippen LogP contribution in [0.5, 0.6) is 0 Å². The molecule has 6 heteroatoms. The summed E-state index contributed by atoms with van der Waals surface area (Å²) in [5.74, 6) is 0.201. The van der Waals surface area contributed by atoms with Crippen molar-refractivity contribution in [2.75, 3.05) is 26.2 Å². The lowest BCUT2D eigenvalue weighted by atomic mass is 9.94. The highest BCUT2D eigenvalue weighted by atomic mass is 35.5. The van der Waals surface area contributed by atoms with Crippen LogP contribution in [0.2, 0.25) is 10.0 Å². The maximum atomic E-state index is 13.3. The van der Waals surface area contributed by atoms with Gasteiger partial charge in [0.05, 0.1) is 0 Å². The van der Waals surface area contributed by atoms with Crippen LogP contribution in [0.1, 0.15) is 56.8 Å². The Bertz CT molecular complexity index is 1290. The molecule has 1 aliphatic heterocycles. The summed E-state index contributed by atoms with van der Waals surface area (Å²) in [5, 5.41) is 1.24. The number of nitrogens with zero attached hydrogens (tertiary/aromatic N) is 2. The molecule has 1 fully saturated rings. The van der Waals surface area contributed by atoms with Crippen LogP contribution in [0.15, 0.2) is 109 Å². The first-order valence-electron chi connectivity index (χ1n) is 13.6. The lowest BCUT2D eigenvalue weighted by Crippen LogP contribution is -2.49. The molecule has 40 heavy (non-hydrogen) atoms. The summed E-state index contributed by atoms with van der Waals surface area (Å²) >= 11 is 12.1. The molecule has 0 aromatic heterocycles. The summed E-state index contributed by atoms with van der Waals surface area (Å²) < 4.78 is 0. The van der Waals surface area contributed by atoms with Gasteiger partial charge in [0, 0.05) is 72.3 Å². The van der Waals surface area contributed by atoms with E-state index in [4.69, 9.17) is 23.2 Å². The molecule has 1 saturated heterocycles. The second-order valence-electron chi connectivity index (χ2n) is 10.2. The number of hydrogen-bond acceptors (Lipinski definition) is 4. The smallest absolute Gasteiger partial charge is 0.164 e. The third-order valence-electron chi connectivity index (χ3n) is 7.69. The van der Waals surface area contributed by atoms with Crippen LogP contribution in [0.3, 0.4) is 0 Å². The van der Waals surface area contributed by atoms with E-state index < -0.39 is 0 Å². The van der Waals surface area contributed by atoms with Crippen LogP contribution >= 0.6 is 23.2 Å². The summed E-state index contributed by atoms with van der Waals surface area (Å²) in [6.45, 7) is 3.19. The summed E-state index contributed by atoms with van der Waals surface area (Å²) in [6, 6.07) is 34.7. The molecule has 0 amide bonds. The highest BCUT2D eigenvalue weighted by molar-refractivity contribution is 6.31. The van der Waals surface area contributed by atoms with Gasteiger partial charge in [-0.25, -0.2) is 0 Å². The normalized spacial score (nSPS) is 15.8. The Kier molecular flexibility index (Phi) is 9.45. The number of rotatable bonds is 10. The Morgan fingerprint density at radius 3 is 1.18 bits per heavy atom. The average Bonchev–Trinajstić information content (AvgIpc) is 3.00. The zero-order valence-electron chi connectivity index (χ0n) is 22.3. The van der Waals surface area contributed by atoms with Crippen LogP contribution in [0, 0.1) is 0 Å². The molecule has 0 bridgehead atoms. The number of carbonyl (C=O) groups excluding carboxylic acids is 2. The maximum absolute atomic E-state index is 13.3. The van der Waals surface area contributed by atoms with Gasteiger partial charge in [-0.15, -0.1) is 0 Å². The molecule has 2 atom stereocenters. The molecule has 4 aromatic carbocycles. The zero-order valence-corrected chi connectivity index (χ0v) is 23.8. The van der Waals surface area contributed by atoms with Gasteiger partial charge >= 0.3 is 0 Å². The SMILES string of the molecule is O=C(C[C@H](c1ccccc1)N1CCN([C@@H](CC(=O)c2ccc(Cl)cc2)c2ccccc2)CC1)c1ccc(Cl)cc1. The predicted octanol–water partition coefficient (Wildman–Crippen LogP) is 7.94. The van der Waals surface area contributed by atoms with Gasteiger partial charge in [0.1, 0.15) is 0 Å². The predicted molar refractivity (Wildman–Crippen MR) is 162 cm³/mol. The maximum Gasteiger partial charge on any atom is 0.164 e. The fourth-order valence-corrected chi connectivity index (χ4v) is 5.74. The van der Waals surface area contributed by atoms with Gasteiger partial charge in [-0.05, 0) is 59.7 Å². The van der Waals surface area contributed by atoms with Crippen LogP contribution in [-0.4, -0.2) is 47.5 Å². The van der Waals surface area contributed by atoms with Gasteiger partial charge < -0.3 is 0 Å². The van der Waals surface area contributed by atoms with Gasteiger partial charge in [0.25, 0.3) is 0 Å². The highest BCUT2D eigenvalue weighted by Gasteiger charge is 2.31. The number of ketones is 2. The molecule has 0 unspecified atom stereocenters. The van der Waals surface area contributed by atoms with E-state index in [0.29, 0.717) is 34.0 Å². The number of piperazine rings is 1. The summed E-state index contributed by atoms with van der Waals surface area (Å²) in [4.78, 5) is 31.4. The number of hydrogen-bond donors (Lipinski definition) is 0. The van der Waals surface area contributed by atoms with Crippen molar-refractivity contribution >= 4 is 34.8 Å². The number of halogens is 2. The van der Waals surface area contributed by atoms with Crippen molar-refractivity contribution in [1.29, 1.82) is 0 Å². The molecule has 0 aliphatic carbocycles. The van der Waals surface area contributed by atoms with E-state index in [-0.39, 0.29) is 23.7 Å². The Balaban J connectivity index is 1.32. The van der Waals surface area contributed by atoms with E-state index in [1.807, 2.05) is 36.4 Å². The Hall–Kier alpha value is -3.28. The molecule has 1 aliphatic rings. The first kappa shape index (κ1) is 28.3. The number of Topliss-reactive ketones (excluding diaryl/α,β-unsaturated/α-hetero) is 2. The summed E-state index contributed by atoms with van der Waals surface area (Å²) in [6.07, 6.45) is 0.783. The third kappa shape index (κ3) is 7.07. The Morgan fingerprint density at radius 2 is 0.850 bits per heavy atom. The lowest BCUT2D eigenvalue weighted by Gasteiger charge is -2.42. The van der Waals surface area contributed by atoms with Gasteiger partial charge in [-0.1, -0.05) is 83.9 Å². The molecular weight excluding hydrogens is 539 g/mol. The fourth-order valence-electron chi connectivity index (χ4n) is 5.49. The van der Waals surface area contributed by atoms with Crippen LogP contribution in [-0.2, 0) is 0 Å². The van der Waals surface area contributed by atoms with Gasteiger partial charge in [-0.3, -0.25) is 19.4 Å². The molecule has 0 radical (unpaired) electrons. The molecule has 4 nitrogen and oxygen atoms in total. The number of carbonyl (C=O) groups is 2. The summed E-state index contributed by atoms with van der Waals surface area (Å²) in [5.41, 5.74) is 3.62. The van der Waals surface area contributed by atoms with E-state index in [9.17, 15) is 9.59 Å². The minimum atomic E-state index is -0.0302. The van der Waals surface area contributed by atoms with Crippen LogP contribution < -0.4 is 0 Å². The first-order valence-corrected chi connectivity index (χ1v) is 14.4. The minimum absolute atomic E-state index is 0.0302. The molecule has 1 heterocycles. The van der Waals surface area contributed by atoms with Crippen LogP contribution in [0.25, 0.3) is 0 Å². The highest BCUT2D eigenvalue weighted by Crippen LogP contribution is 2.32. The molecule has 4 aromatic rings. The molecule has 204 valence electrons. The average molecular weight is 572 g/mol. The van der Waals surface area contributed by atoms with Crippen molar-refractivity contribution < 1.29 is 9.59 Å². The first-order chi connectivity index (χ1) is 19.5. The number of benzene rings is 4. The van der Waals surface area contributed by atoms with Crippen molar-refractivity contribution in [2.45, 2.75) is 24.9 Å². The third-order valence-corrected chi connectivity index (χ3v) is 8.19. The van der Waals surface area contributed by atoms with Crippen molar-refractivity contribution in [2.24, 2.45) is 0 Å². The van der Waals surface area contributed by atoms with E-state index in [0.717, 1.165) is 37.3 Å². The largest absolute Gasteiger partial charge is 0.294 e. The van der Waals surface area contributed by atoms with E-state index in [1.165, 1.54) is 0 Å². The fraction of sp³-hybridized carbons (Fsp3) is 0.235. The van der Waals surface area contributed by atoms with Gasteiger partial charge in [0.2, 0.25) is 0 Å². The molecule has 0 N–H and O–H groups in total. The topological polar surface area (TPSA) is 40.6 Å². The second kappa shape index (κ2) is 13.4. The molecule has 0 spiro atoms.